The van der Waals surface area contributed by atoms with Crippen LogP contribution >= 0.6 is 0 Å². The van der Waals surface area contributed by atoms with E-state index in [-0.39, 0.29) is 31.0 Å². The molecule has 0 aliphatic heterocycles. The fourth-order valence-corrected chi connectivity index (χ4v) is 4.48. The van der Waals surface area contributed by atoms with E-state index >= 15 is 0 Å². The number of halogens is 2. The molecule has 0 radical (unpaired) electrons. The quantitative estimate of drug-likeness (QED) is 0.417. The SMILES string of the molecule is C1=CC2[CH-]C3CCCCC3C2C=C1.CCC1=[C-]CC(CC)=C1.C[Si](C)=[Ti+2].[Cl-].[Cl-]. The van der Waals surface area contributed by atoms with Crippen molar-refractivity contribution in [2.24, 2.45) is 23.7 Å². The second-order valence-corrected chi connectivity index (χ2v) is 14.8. The van der Waals surface area contributed by atoms with Gasteiger partial charge in [-0.2, -0.15) is 11.5 Å². The van der Waals surface area contributed by atoms with Crippen LogP contribution < -0.4 is 24.8 Å². The number of hydrogen-bond acceptors (Lipinski definition) is 0. The summed E-state index contributed by atoms with van der Waals surface area (Å²) in [6.45, 7) is 8.92. The van der Waals surface area contributed by atoms with Crippen molar-refractivity contribution in [3.8, 4) is 0 Å². The van der Waals surface area contributed by atoms with Crippen molar-refractivity contribution >= 4 is 6.19 Å². The maximum absolute atomic E-state index is 3.33. The van der Waals surface area contributed by atoms with Gasteiger partial charge in [-0.15, -0.1) is 18.4 Å². The molecule has 0 nitrogen and oxygen atoms in total. The minimum Gasteiger partial charge on any atom is -1.00 e. The summed E-state index contributed by atoms with van der Waals surface area (Å²) in [5, 5.41) is 0. The van der Waals surface area contributed by atoms with Gasteiger partial charge in [0, 0.05) is 0 Å². The summed E-state index contributed by atoms with van der Waals surface area (Å²) in [5.41, 5.74) is 2.93. The van der Waals surface area contributed by atoms with Crippen LogP contribution in [0.3, 0.4) is 0 Å². The van der Waals surface area contributed by atoms with E-state index in [0.717, 1.165) is 36.5 Å². The van der Waals surface area contributed by atoms with Gasteiger partial charge in [0.05, 0.1) is 0 Å². The third kappa shape index (κ3) is 9.09. The zero-order valence-electron chi connectivity index (χ0n) is 18.0. The van der Waals surface area contributed by atoms with E-state index in [2.05, 4.69) is 89.0 Å². The van der Waals surface area contributed by atoms with Crippen LogP contribution in [0.25, 0.3) is 0 Å². The third-order valence-electron chi connectivity index (χ3n) is 5.82. The van der Waals surface area contributed by atoms with Gasteiger partial charge in [0.2, 0.25) is 0 Å². The number of rotatable bonds is 2. The molecule has 0 saturated heterocycles. The first-order valence-electron chi connectivity index (χ1n) is 10.6. The van der Waals surface area contributed by atoms with E-state index in [9.17, 15) is 0 Å². The maximum Gasteiger partial charge on any atom is -1.00 e. The second kappa shape index (κ2) is 15.3. The largest absolute Gasteiger partial charge is 1.00 e. The summed E-state index contributed by atoms with van der Waals surface area (Å²) in [5.74, 6) is 3.56. The summed E-state index contributed by atoms with van der Waals surface area (Å²) in [4.78, 5) is 0. The van der Waals surface area contributed by atoms with E-state index in [1.807, 2.05) is 0 Å². The zero-order chi connectivity index (χ0) is 18.9. The Kier molecular flexibility index (Phi) is 15.6. The van der Waals surface area contributed by atoms with Gasteiger partial charge in [0.1, 0.15) is 0 Å². The Bertz CT molecular complexity index is 587. The van der Waals surface area contributed by atoms with Crippen molar-refractivity contribution in [1.29, 1.82) is 0 Å². The molecule has 4 unspecified atom stereocenters. The normalized spacial score (nSPS) is 28.6. The van der Waals surface area contributed by atoms with Gasteiger partial charge in [-0.1, -0.05) is 76.5 Å². The Morgan fingerprint density at radius 1 is 1.07 bits per heavy atom. The number of allylic oxidation sites excluding steroid dienone is 8. The average molecular weight is 471 g/mol. The van der Waals surface area contributed by atoms with E-state index in [0.29, 0.717) is 0 Å². The Balaban J connectivity index is 0.000000432. The summed E-state index contributed by atoms with van der Waals surface area (Å²) >= 11 is 2.27. The van der Waals surface area contributed by atoms with Crippen LogP contribution in [0.5, 0.6) is 0 Å². The molecule has 2 fully saturated rings. The molecule has 2 saturated carbocycles. The van der Waals surface area contributed by atoms with Crippen molar-refractivity contribution in [1.82, 2.24) is 0 Å². The first kappa shape index (κ1) is 28.5. The van der Waals surface area contributed by atoms with Crippen LogP contribution in [0, 0.1) is 36.2 Å². The summed E-state index contributed by atoms with van der Waals surface area (Å²) in [6, 6.07) is 0. The van der Waals surface area contributed by atoms with Gasteiger partial charge in [0.15, 0.2) is 0 Å². The second-order valence-electron chi connectivity index (χ2n) is 8.12. The molecule has 156 valence electrons. The number of fused-ring (bicyclic) bond motifs is 3. The van der Waals surface area contributed by atoms with E-state index < -0.39 is 0 Å². The van der Waals surface area contributed by atoms with Gasteiger partial charge in [0.25, 0.3) is 0 Å². The molecule has 0 spiro atoms. The van der Waals surface area contributed by atoms with Crippen molar-refractivity contribution < 1.29 is 44.0 Å². The minimum atomic E-state index is 0. The predicted octanol–water partition coefficient (Wildman–Crippen LogP) is 1.03. The average Bonchev–Trinajstić information content (AvgIpc) is 3.26. The van der Waals surface area contributed by atoms with E-state index in [1.165, 1.54) is 43.3 Å². The molecule has 4 aliphatic carbocycles. The van der Waals surface area contributed by atoms with Crippen LogP contribution in [0.1, 0.15) is 58.8 Å². The fourth-order valence-electron chi connectivity index (χ4n) is 4.48. The Morgan fingerprint density at radius 2 is 1.71 bits per heavy atom. The molecule has 0 heterocycles. The van der Waals surface area contributed by atoms with Gasteiger partial charge in [-0.05, 0) is 5.92 Å². The Hall–Kier alpha value is 0.471. The van der Waals surface area contributed by atoms with Crippen LogP contribution in [0.15, 0.2) is 41.5 Å². The Labute approximate surface area is 198 Å². The first-order chi connectivity index (χ1) is 12.5. The maximum atomic E-state index is 3.33. The third-order valence-corrected chi connectivity index (χ3v) is 5.82. The van der Waals surface area contributed by atoms with Gasteiger partial charge in [-0.25, -0.2) is 11.6 Å². The molecule has 0 amide bonds. The molecule has 4 aliphatic rings. The van der Waals surface area contributed by atoms with E-state index in [4.69, 9.17) is 0 Å². The van der Waals surface area contributed by atoms with Gasteiger partial charge in [-0.3, -0.25) is 6.08 Å². The van der Waals surface area contributed by atoms with Gasteiger partial charge >= 0.3 is 38.5 Å². The summed E-state index contributed by atoms with van der Waals surface area (Å²) < 4.78 is 0. The number of hydrogen-bond donors (Lipinski definition) is 0. The van der Waals surface area contributed by atoms with Crippen molar-refractivity contribution in [2.75, 3.05) is 0 Å². The Morgan fingerprint density at radius 3 is 2.29 bits per heavy atom. The molecule has 4 heteroatoms. The molecule has 0 bridgehead atoms. The molecule has 0 N–H and O–H groups in total. The molecular formula is C24H36Cl2SiTi-2. The fraction of sp³-hybridized carbons (Fsp3) is 0.625. The van der Waals surface area contributed by atoms with Crippen LogP contribution in [0.2, 0.25) is 13.1 Å². The predicted molar refractivity (Wildman–Crippen MR) is 113 cm³/mol. The molecule has 4 rings (SSSR count). The van der Waals surface area contributed by atoms with Crippen molar-refractivity contribution in [3.63, 3.8) is 0 Å². The molecule has 28 heavy (non-hydrogen) atoms. The first-order valence-corrected chi connectivity index (χ1v) is 15.4. The van der Waals surface area contributed by atoms with E-state index in [1.54, 1.807) is 0 Å². The topological polar surface area (TPSA) is 0 Å². The standard InChI is InChI=1S/C13H17.C9H13.C2H6Si.2ClH.Ti/c1-3-7-12-10(5-1)9-11-6-2-4-8-13(11)12;1-3-8-5-6-9(4-2)7-8;1-3-2;;;/h1,3,5,7,9-13H,2,4,6,8H2;7H,3-5H2,1-2H3;1-2H3;2*1H;/q2*-1;;;;+2/p-2. The van der Waals surface area contributed by atoms with Crippen molar-refractivity contribution in [3.05, 3.63) is 54.0 Å². The zero-order valence-corrected chi connectivity index (χ0v) is 22.1. The molecule has 4 atom stereocenters. The van der Waals surface area contributed by atoms with Crippen LogP contribution in [0.4, 0.5) is 0 Å². The molecule has 0 aromatic rings. The molecule has 0 aromatic carbocycles. The smallest absolute Gasteiger partial charge is 1.00 e. The van der Waals surface area contributed by atoms with Crippen LogP contribution in [-0.2, 0) is 19.2 Å². The molecule has 0 aromatic heterocycles. The monoisotopic (exact) mass is 470 g/mol. The molecular weight excluding hydrogens is 435 g/mol. The summed E-state index contributed by atoms with van der Waals surface area (Å²) in [6.07, 6.45) is 26.9. The summed E-state index contributed by atoms with van der Waals surface area (Å²) in [7, 11) is 0. The minimum absolute atomic E-state index is 0. The van der Waals surface area contributed by atoms with Gasteiger partial charge < -0.3 is 31.2 Å². The van der Waals surface area contributed by atoms with Crippen molar-refractivity contribution in [2.45, 2.75) is 71.9 Å². The van der Waals surface area contributed by atoms with Crippen LogP contribution in [-0.4, -0.2) is 6.19 Å².